The highest BCUT2D eigenvalue weighted by Crippen LogP contribution is 2.32. The minimum Gasteiger partial charge on any atom is -0.468 e. The summed E-state index contributed by atoms with van der Waals surface area (Å²) in [7, 11) is 1.67. The number of rotatable bonds is 4. The van der Waals surface area contributed by atoms with Crippen LogP contribution < -0.4 is 4.74 Å². The van der Waals surface area contributed by atoms with E-state index < -0.39 is 35.6 Å². The fourth-order valence-corrected chi connectivity index (χ4v) is 3.93. The molecule has 34 heavy (non-hydrogen) atoms. The maximum absolute atomic E-state index is 14.3. The minimum absolute atomic E-state index is 0.167. The molecule has 3 aromatic rings. The molecule has 1 saturated heterocycles. The third-order valence-electron chi connectivity index (χ3n) is 5.61. The number of aryl methyl sites for hydroxylation is 2. The first kappa shape index (κ1) is 21.8. The van der Waals surface area contributed by atoms with Gasteiger partial charge < -0.3 is 9.64 Å². The van der Waals surface area contributed by atoms with Crippen LogP contribution in [-0.4, -0.2) is 66.3 Å². The molecular formula is C21H19F3N8O2. The van der Waals surface area contributed by atoms with Crippen LogP contribution in [0.15, 0.2) is 29.5 Å². The Morgan fingerprint density at radius 2 is 1.88 bits per heavy atom. The van der Waals surface area contributed by atoms with Gasteiger partial charge in [-0.3, -0.25) is 0 Å². The van der Waals surface area contributed by atoms with Crippen molar-refractivity contribution in [3.05, 3.63) is 53.1 Å². The van der Waals surface area contributed by atoms with Crippen LogP contribution in [0, 0.1) is 24.4 Å². The van der Waals surface area contributed by atoms with Gasteiger partial charge in [-0.15, -0.1) is 5.10 Å². The van der Waals surface area contributed by atoms with Crippen molar-refractivity contribution in [2.24, 2.45) is 12.1 Å². The van der Waals surface area contributed by atoms with E-state index in [1.165, 1.54) is 32.9 Å². The Balaban J connectivity index is 1.25. The van der Waals surface area contributed by atoms with Gasteiger partial charge in [0.25, 0.3) is 5.88 Å². The lowest BCUT2D eigenvalue weighted by Crippen LogP contribution is -2.59. The predicted octanol–water partition coefficient (Wildman–Crippen LogP) is 2.61. The number of ether oxygens (including phenoxy) is 1. The first-order chi connectivity index (χ1) is 16.3. The van der Waals surface area contributed by atoms with Crippen molar-refractivity contribution in [1.29, 1.82) is 0 Å². The molecule has 2 aromatic heterocycles. The van der Waals surface area contributed by atoms with E-state index in [1.54, 1.807) is 14.0 Å². The third-order valence-corrected chi connectivity index (χ3v) is 5.61. The second kappa shape index (κ2) is 8.39. The maximum atomic E-state index is 14.3. The van der Waals surface area contributed by atoms with Crippen LogP contribution in [0.4, 0.5) is 18.0 Å². The number of benzene rings is 1. The molecule has 4 heterocycles. The van der Waals surface area contributed by atoms with Crippen LogP contribution in [0.5, 0.6) is 5.88 Å². The normalized spacial score (nSPS) is 17.9. The van der Waals surface area contributed by atoms with Crippen LogP contribution in [0.3, 0.4) is 0 Å². The molecule has 5 rings (SSSR count). The quantitative estimate of drug-likeness (QED) is 0.579. The second-order valence-corrected chi connectivity index (χ2v) is 8.02. The van der Waals surface area contributed by atoms with Gasteiger partial charge in [-0.1, -0.05) is 5.21 Å². The number of aromatic nitrogens is 5. The van der Waals surface area contributed by atoms with Crippen LogP contribution >= 0.6 is 0 Å². The average Bonchev–Trinajstić information content (AvgIpc) is 3.37. The highest BCUT2D eigenvalue weighted by Gasteiger charge is 2.39. The number of carbonyl (C=O) groups excluding carboxylic acids is 1. The van der Waals surface area contributed by atoms with Crippen molar-refractivity contribution in [1.82, 2.24) is 34.9 Å². The number of urea groups is 1. The van der Waals surface area contributed by atoms with Crippen molar-refractivity contribution in [3.8, 4) is 17.4 Å². The summed E-state index contributed by atoms with van der Waals surface area (Å²) in [5.74, 6) is -2.22. The standard InChI is InChI=1S/C21H19F3N8O2/c1-11-18(30(2)29-28-11)19-25-8-16(24)20(27-19)34-15-9-31(10-15)21(33)32-17(3-4-26-32)12-5-13(22)7-14(23)6-12/h4-8,15,17H,3,9-10H2,1-2H3/t17-/m0/s1. The molecule has 10 nitrogen and oxygen atoms in total. The molecule has 2 amide bonds. The van der Waals surface area contributed by atoms with E-state index in [4.69, 9.17) is 4.74 Å². The van der Waals surface area contributed by atoms with Crippen molar-refractivity contribution in [3.63, 3.8) is 0 Å². The number of carbonyl (C=O) groups is 1. The predicted molar refractivity (Wildman–Crippen MR) is 112 cm³/mol. The lowest BCUT2D eigenvalue weighted by atomic mass is 10.0. The summed E-state index contributed by atoms with van der Waals surface area (Å²) in [5.41, 5.74) is 1.42. The Morgan fingerprint density at radius 3 is 2.56 bits per heavy atom. The number of halogens is 3. The molecule has 176 valence electrons. The van der Waals surface area contributed by atoms with Gasteiger partial charge in [-0.05, 0) is 24.6 Å². The minimum atomic E-state index is -0.737. The van der Waals surface area contributed by atoms with E-state index in [1.807, 2.05) is 0 Å². The fraction of sp³-hybridized carbons (Fsp3) is 0.333. The molecule has 0 aliphatic carbocycles. The SMILES string of the molecule is Cc1nnn(C)c1-c1ncc(F)c(OC2CN(C(=O)N3N=CC[C@H]3c3cc(F)cc(F)c3)C2)n1. The monoisotopic (exact) mass is 472 g/mol. The van der Waals surface area contributed by atoms with Crippen molar-refractivity contribution < 1.29 is 22.7 Å². The summed E-state index contributed by atoms with van der Waals surface area (Å²) in [6.07, 6.45) is 2.36. The lowest BCUT2D eigenvalue weighted by molar-refractivity contribution is 0.0230. The average molecular weight is 472 g/mol. The molecule has 1 atom stereocenters. The van der Waals surface area contributed by atoms with Crippen molar-refractivity contribution in [2.75, 3.05) is 13.1 Å². The summed E-state index contributed by atoms with van der Waals surface area (Å²) < 4.78 is 48.7. The molecule has 0 radical (unpaired) electrons. The molecule has 2 aliphatic rings. The second-order valence-electron chi connectivity index (χ2n) is 8.02. The topological polar surface area (TPSA) is 102 Å². The first-order valence-corrected chi connectivity index (χ1v) is 10.4. The number of nitrogens with zero attached hydrogens (tertiary/aromatic N) is 8. The number of hydrazone groups is 1. The van der Waals surface area contributed by atoms with Crippen LogP contribution in [0.1, 0.15) is 23.7 Å². The van der Waals surface area contributed by atoms with Gasteiger partial charge in [-0.2, -0.15) is 14.5 Å². The molecule has 0 bridgehead atoms. The van der Waals surface area contributed by atoms with Gasteiger partial charge in [0.05, 0.1) is 31.0 Å². The van der Waals surface area contributed by atoms with Gasteiger partial charge in [0.15, 0.2) is 5.82 Å². The van der Waals surface area contributed by atoms with E-state index >= 15 is 0 Å². The zero-order chi connectivity index (χ0) is 24.0. The van der Waals surface area contributed by atoms with Gasteiger partial charge in [0.1, 0.15) is 23.4 Å². The summed E-state index contributed by atoms with van der Waals surface area (Å²) in [6, 6.07) is 2.07. The lowest BCUT2D eigenvalue weighted by Gasteiger charge is -2.40. The molecular weight excluding hydrogens is 453 g/mol. The molecule has 0 saturated carbocycles. The number of hydrogen-bond acceptors (Lipinski definition) is 7. The first-order valence-electron chi connectivity index (χ1n) is 10.4. The Kier molecular flexibility index (Phi) is 5.38. The van der Waals surface area contributed by atoms with Gasteiger partial charge in [0.2, 0.25) is 5.82 Å². The molecule has 13 heteroatoms. The summed E-state index contributed by atoms with van der Waals surface area (Å²) in [5, 5.41) is 13.1. The highest BCUT2D eigenvalue weighted by molar-refractivity contribution is 5.79. The van der Waals surface area contributed by atoms with Crippen LogP contribution in [0.2, 0.25) is 0 Å². The van der Waals surface area contributed by atoms with E-state index in [9.17, 15) is 18.0 Å². The summed E-state index contributed by atoms with van der Waals surface area (Å²) in [6.45, 7) is 2.07. The molecule has 1 aromatic carbocycles. The third kappa shape index (κ3) is 3.93. The Hall–Kier alpha value is -4.03. The van der Waals surface area contributed by atoms with Gasteiger partial charge in [-0.25, -0.2) is 28.3 Å². The van der Waals surface area contributed by atoms with Crippen molar-refractivity contribution in [2.45, 2.75) is 25.5 Å². The number of hydrogen-bond donors (Lipinski definition) is 0. The smallest absolute Gasteiger partial charge is 0.341 e. The molecule has 0 N–H and O–H groups in total. The molecule has 1 fully saturated rings. The molecule has 2 aliphatic heterocycles. The molecule has 0 spiro atoms. The van der Waals surface area contributed by atoms with Gasteiger partial charge >= 0.3 is 6.03 Å². The van der Waals surface area contributed by atoms with Crippen molar-refractivity contribution >= 4 is 12.2 Å². The maximum Gasteiger partial charge on any atom is 0.341 e. The van der Waals surface area contributed by atoms with E-state index in [2.05, 4.69) is 25.4 Å². The van der Waals surface area contributed by atoms with E-state index in [0.717, 1.165) is 12.3 Å². The largest absolute Gasteiger partial charge is 0.468 e. The zero-order valence-electron chi connectivity index (χ0n) is 18.2. The summed E-state index contributed by atoms with van der Waals surface area (Å²) >= 11 is 0. The molecule has 0 unspecified atom stereocenters. The number of amides is 2. The highest BCUT2D eigenvalue weighted by atomic mass is 19.1. The van der Waals surface area contributed by atoms with Crippen LogP contribution in [0.25, 0.3) is 11.5 Å². The Labute approximate surface area is 191 Å². The van der Waals surface area contributed by atoms with Gasteiger partial charge in [0, 0.05) is 25.7 Å². The zero-order valence-corrected chi connectivity index (χ0v) is 18.2. The van der Waals surface area contributed by atoms with E-state index in [0.29, 0.717) is 23.4 Å². The Morgan fingerprint density at radius 1 is 1.15 bits per heavy atom. The number of likely N-dealkylation sites (tertiary alicyclic amines) is 1. The van der Waals surface area contributed by atoms with E-state index in [-0.39, 0.29) is 24.8 Å². The van der Waals surface area contributed by atoms with Crippen LogP contribution in [-0.2, 0) is 7.05 Å². The fourth-order valence-electron chi connectivity index (χ4n) is 3.93. The summed E-state index contributed by atoms with van der Waals surface area (Å²) in [4.78, 5) is 22.5. The Bertz CT molecular complexity index is 1250.